The summed E-state index contributed by atoms with van der Waals surface area (Å²) >= 11 is 0. The van der Waals surface area contributed by atoms with Gasteiger partial charge < -0.3 is 10.1 Å². The molecule has 0 aliphatic heterocycles. The van der Waals surface area contributed by atoms with E-state index in [1.54, 1.807) is 0 Å². The van der Waals surface area contributed by atoms with Crippen LogP contribution in [0.25, 0.3) is 0 Å². The Hall–Kier alpha value is -1.35. The lowest BCUT2D eigenvalue weighted by molar-refractivity contribution is -0.0520. The Morgan fingerprint density at radius 2 is 2.00 bits per heavy atom. The van der Waals surface area contributed by atoms with Gasteiger partial charge in [-0.3, -0.25) is 0 Å². The van der Waals surface area contributed by atoms with Crippen molar-refractivity contribution in [2.24, 2.45) is 5.92 Å². The Balaban J connectivity index is 1.58. The number of esters is 1. The summed E-state index contributed by atoms with van der Waals surface area (Å²) in [6.07, 6.45) is 4.06. The summed E-state index contributed by atoms with van der Waals surface area (Å²) in [5, 5.41) is 3.62. The number of hydrogen-bond donors (Lipinski definition) is 1. The quantitative estimate of drug-likeness (QED) is 0.807. The van der Waals surface area contributed by atoms with Crippen LogP contribution in [0.3, 0.4) is 0 Å². The van der Waals surface area contributed by atoms with Crippen molar-refractivity contribution in [3.05, 3.63) is 35.4 Å². The van der Waals surface area contributed by atoms with Crippen molar-refractivity contribution >= 4 is 5.97 Å². The number of benzene rings is 1. The zero-order valence-electron chi connectivity index (χ0n) is 10.0. The molecule has 1 aromatic carbocycles. The molecule has 3 saturated carbocycles. The maximum atomic E-state index is 11.3. The van der Waals surface area contributed by atoms with Crippen LogP contribution >= 0.6 is 0 Å². The summed E-state index contributed by atoms with van der Waals surface area (Å²) < 4.78 is 4.67. The van der Waals surface area contributed by atoms with E-state index >= 15 is 0 Å². The van der Waals surface area contributed by atoms with E-state index in [0.717, 1.165) is 12.5 Å². The van der Waals surface area contributed by atoms with E-state index in [0.29, 0.717) is 11.1 Å². The monoisotopic (exact) mass is 231 g/mol. The Bertz CT molecular complexity index is 421. The van der Waals surface area contributed by atoms with E-state index in [1.165, 1.54) is 31.9 Å². The first-order valence-corrected chi connectivity index (χ1v) is 6.13. The lowest BCUT2D eigenvalue weighted by Crippen LogP contribution is -2.66. The summed E-state index contributed by atoms with van der Waals surface area (Å²) in [5.74, 6) is 0.730. The molecule has 3 aliphatic rings. The molecule has 0 amide bonds. The summed E-state index contributed by atoms with van der Waals surface area (Å²) in [7, 11) is 1.40. The van der Waals surface area contributed by atoms with Gasteiger partial charge in [-0.05, 0) is 42.9 Å². The number of hydrogen-bond acceptors (Lipinski definition) is 3. The summed E-state index contributed by atoms with van der Waals surface area (Å²) in [5.41, 5.74) is 2.30. The van der Waals surface area contributed by atoms with Crippen molar-refractivity contribution in [2.75, 3.05) is 7.11 Å². The normalized spacial score (nSPS) is 29.1. The maximum absolute atomic E-state index is 11.3. The zero-order chi connectivity index (χ0) is 11.9. The van der Waals surface area contributed by atoms with E-state index in [4.69, 9.17) is 0 Å². The third-order valence-corrected chi connectivity index (χ3v) is 4.08. The number of nitrogens with one attached hydrogen (secondary N) is 1. The number of carbonyl (C=O) groups excluding carboxylic acids is 1. The first kappa shape index (κ1) is 10.8. The van der Waals surface area contributed by atoms with E-state index in [1.807, 2.05) is 24.3 Å². The predicted octanol–water partition coefficient (Wildman–Crippen LogP) is 2.12. The van der Waals surface area contributed by atoms with Gasteiger partial charge in [0, 0.05) is 12.1 Å². The van der Waals surface area contributed by atoms with Crippen molar-refractivity contribution in [3.63, 3.8) is 0 Å². The molecular weight excluding hydrogens is 214 g/mol. The van der Waals surface area contributed by atoms with Crippen LogP contribution in [0.15, 0.2) is 24.3 Å². The van der Waals surface area contributed by atoms with Gasteiger partial charge in [-0.1, -0.05) is 12.1 Å². The Kier molecular flexibility index (Phi) is 2.44. The third-order valence-electron chi connectivity index (χ3n) is 4.08. The lowest BCUT2D eigenvalue weighted by Gasteiger charge is -2.62. The van der Waals surface area contributed by atoms with Crippen LogP contribution in [0.2, 0.25) is 0 Å². The molecule has 0 unspecified atom stereocenters. The first-order chi connectivity index (χ1) is 8.21. The molecule has 3 fully saturated rings. The highest BCUT2D eigenvalue weighted by Crippen LogP contribution is 2.56. The smallest absolute Gasteiger partial charge is 0.337 e. The van der Waals surface area contributed by atoms with Crippen LogP contribution in [0.5, 0.6) is 0 Å². The predicted molar refractivity (Wildman–Crippen MR) is 64.7 cm³/mol. The topological polar surface area (TPSA) is 38.3 Å². The lowest BCUT2D eigenvalue weighted by atomic mass is 9.50. The second-order valence-electron chi connectivity index (χ2n) is 5.30. The molecule has 0 radical (unpaired) electrons. The molecule has 3 aliphatic carbocycles. The van der Waals surface area contributed by atoms with Crippen LogP contribution in [0, 0.1) is 5.92 Å². The van der Waals surface area contributed by atoms with Crippen LogP contribution in [0.1, 0.15) is 35.2 Å². The van der Waals surface area contributed by atoms with Crippen molar-refractivity contribution in [1.29, 1.82) is 0 Å². The largest absolute Gasteiger partial charge is 0.465 e. The molecule has 0 spiro atoms. The molecular formula is C14H17NO2. The molecule has 0 atom stereocenters. The van der Waals surface area contributed by atoms with Crippen LogP contribution in [-0.2, 0) is 11.3 Å². The van der Waals surface area contributed by atoms with E-state index in [-0.39, 0.29) is 5.97 Å². The van der Waals surface area contributed by atoms with Crippen molar-refractivity contribution in [2.45, 2.75) is 31.3 Å². The summed E-state index contributed by atoms with van der Waals surface area (Å²) in [6, 6.07) is 7.63. The van der Waals surface area contributed by atoms with E-state index in [9.17, 15) is 4.79 Å². The van der Waals surface area contributed by atoms with Gasteiger partial charge >= 0.3 is 5.97 Å². The van der Waals surface area contributed by atoms with Gasteiger partial charge in [0.25, 0.3) is 0 Å². The van der Waals surface area contributed by atoms with Crippen LogP contribution in [-0.4, -0.2) is 18.6 Å². The summed E-state index contributed by atoms with van der Waals surface area (Å²) in [6.45, 7) is 0.897. The highest BCUT2D eigenvalue weighted by Gasteiger charge is 2.55. The fourth-order valence-electron chi connectivity index (χ4n) is 2.86. The van der Waals surface area contributed by atoms with Gasteiger partial charge in [-0.25, -0.2) is 4.79 Å². The molecule has 90 valence electrons. The second kappa shape index (κ2) is 3.84. The van der Waals surface area contributed by atoms with Gasteiger partial charge in [0.2, 0.25) is 0 Å². The Labute approximate surface area is 101 Å². The molecule has 0 heterocycles. The first-order valence-electron chi connectivity index (χ1n) is 6.13. The highest BCUT2D eigenvalue weighted by molar-refractivity contribution is 5.89. The highest BCUT2D eigenvalue weighted by atomic mass is 16.5. The minimum atomic E-state index is -0.274. The molecule has 0 aromatic heterocycles. The Morgan fingerprint density at radius 3 is 2.47 bits per heavy atom. The van der Waals surface area contributed by atoms with E-state index < -0.39 is 0 Å². The molecule has 0 saturated heterocycles. The van der Waals surface area contributed by atoms with Gasteiger partial charge in [0.15, 0.2) is 0 Å². The SMILES string of the molecule is COC(=O)c1ccc(CNC23CC(C2)C3)cc1. The molecule has 4 rings (SSSR count). The van der Waals surface area contributed by atoms with Crippen LogP contribution < -0.4 is 5.32 Å². The fraction of sp³-hybridized carbons (Fsp3) is 0.500. The number of rotatable bonds is 4. The second-order valence-corrected chi connectivity index (χ2v) is 5.30. The number of carbonyl (C=O) groups is 1. The molecule has 1 aromatic rings. The van der Waals surface area contributed by atoms with Crippen molar-refractivity contribution < 1.29 is 9.53 Å². The third kappa shape index (κ3) is 1.84. The molecule has 17 heavy (non-hydrogen) atoms. The van der Waals surface area contributed by atoms with Gasteiger partial charge in [0.05, 0.1) is 12.7 Å². The van der Waals surface area contributed by atoms with Crippen LogP contribution in [0.4, 0.5) is 0 Å². The van der Waals surface area contributed by atoms with Gasteiger partial charge in [-0.15, -0.1) is 0 Å². The minimum Gasteiger partial charge on any atom is -0.465 e. The van der Waals surface area contributed by atoms with Crippen molar-refractivity contribution in [1.82, 2.24) is 5.32 Å². The van der Waals surface area contributed by atoms with E-state index in [2.05, 4.69) is 10.1 Å². The fourth-order valence-corrected chi connectivity index (χ4v) is 2.86. The van der Waals surface area contributed by atoms with Gasteiger partial charge in [-0.2, -0.15) is 0 Å². The molecule has 2 bridgehead atoms. The average Bonchev–Trinajstić information content (AvgIpc) is 2.25. The maximum Gasteiger partial charge on any atom is 0.337 e. The number of methoxy groups -OCH3 is 1. The van der Waals surface area contributed by atoms with Crippen molar-refractivity contribution in [3.8, 4) is 0 Å². The molecule has 3 nitrogen and oxygen atoms in total. The average molecular weight is 231 g/mol. The minimum absolute atomic E-state index is 0.274. The molecule has 1 N–H and O–H groups in total. The van der Waals surface area contributed by atoms with Gasteiger partial charge in [0.1, 0.15) is 0 Å². The standard InChI is InChI=1S/C14H17NO2/c1-17-13(16)12-4-2-10(3-5-12)9-15-14-6-11(7-14)8-14/h2-5,11,15H,6-9H2,1H3. The Morgan fingerprint density at radius 1 is 1.35 bits per heavy atom. The summed E-state index contributed by atoms with van der Waals surface area (Å²) in [4.78, 5) is 11.3. The number of ether oxygens (including phenoxy) is 1. The zero-order valence-corrected chi connectivity index (χ0v) is 10.0. The molecule has 3 heteroatoms.